The highest BCUT2D eigenvalue weighted by Crippen LogP contribution is 2.36. The molecule has 0 fully saturated rings. The van der Waals surface area contributed by atoms with Crippen molar-refractivity contribution in [2.45, 2.75) is 38.6 Å². The molecule has 2 aromatic heterocycles. The van der Waals surface area contributed by atoms with Crippen LogP contribution in [0, 0.1) is 19.8 Å². The number of carboxylic acids is 1. The van der Waals surface area contributed by atoms with Crippen LogP contribution in [0.2, 0.25) is 0 Å². The number of carbonyl (C=O) groups is 1. The molecule has 4 rings (SSSR count). The molecular formula is C22H22N2O5S2. The number of hydrogen-bond acceptors (Lipinski definition) is 6. The van der Waals surface area contributed by atoms with Gasteiger partial charge in [-0.15, -0.1) is 11.3 Å². The quantitative estimate of drug-likeness (QED) is 0.433. The fourth-order valence-corrected chi connectivity index (χ4v) is 5.84. The molecule has 0 aliphatic heterocycles. The van der Waals surface area contributed by atoms with Crippen molar-refractivity contribution >= 4 is 49.3 Å². The minimum Gasteiger partial charge on any atom is -0.480 e. The van der Waals surface area contributed by atoms with Crippen LogP contribution in [0.3, 0.4) is 0 Å². The molecule has 0 unspecified atom stereocenters. The van der Waals surface area contributed by atoms with Gasteiger partial charge in [-0.05, 0) is 55.7 Å². The summed E-state index contributed by atoms with van der Waals surface area (Å²) in [6.07, 6.45) is 0. The number of nitrogens with zero attached hydrogens (tertiary/aromatic N) is 1. The van der Waals surface area contributed by atoms with Gasteiger partial charge >= 0.3 is 5.97 Å². The summed E-state index contributed by atoms with van der Waals surface area (Å²) >= 11 is 1.62. The largest absolute Gasteiger partial charge is 0.480 e. The van der Waals surface area contributed by atoms with Gasteiger partial charge in [0.05, 0.1) is 20.5 Å². The topological polar surface area (TPSA) is 110 Å². The van der Waals surface area contributed by atoms with Crippen molar-refractivity contribution in [1.82, 2.24) is 9.71 Å². The van der Waals surface area contributed by atoms with Gasteiger partial charge in [0.25, 0.3) is 0 Å². The van der Waals surface area contributed by atoms with Crippen LogP contribution in [-0.4, -0.2) is 30.5 Å². The molecule has 9 heteroatoms. The smallest absolute Gasteiger partial charge is 0.322 e. The SMILES string of the molecule is Cc1nc(C)c(-c2ccc3oc4cc(S(=O)(=O)N[C@H](C(=O)O)C(C)C)ccc4c3c2)s1. The highest BCUT2D eigenvalue weighted by atomic mass is 32.2. The summed E-state index contributed by atoms with van der Waals surface area (Å²) < 4.78 is 33.7. The molecule has 2 heterocycles. The number of benzene rings is 2. The molecule has 0 saturated heterocycles. The zero-order valence-electron chi connectivity index (χ0n) is 17.5. The van der Waals surface area contributed by atoms with E-state index in [4.69, 9.17) is 4.42 Å². The predicted molar refractivity (Wildman–Crippen MR) is 121 cm³/mol. The maximum atomic E-state index is 12.8. The maximum Gasteiger partial charge on any atom is 0.322 e. The van der Waals surface area contributed by atoms with Gasteiger partial charge < -0.3 is 9.52 Å². The first-order valence-corrected chi connectivity index (χ1v) is 12.0. The fraction of sp³-hybridized carbons (Fsp3) is 0.273. The van der Waals surface area contributed by atoms with Gasteiger partial charge in [0, 0.05) is 16.8 Å². The molecule has 2 N–H and O–H groups in total. The third kappa shape index (κ3) is 3.96. The van der Waals surface area contributed by atoms with Gasteiger partial charge in [0.2, 0.25) is 10.0 Å². The number of rotatable bonds is 6. The molecule has 2 aromatic carbocycles. The van der Waals surface area contributed by atoms with E-state index in [1.807, 2.05) is 32.0 Å². The Labute approximate surface area is 183 Å². The Morgan fingerprint density at radius 3 is 2.45 bits per heavy atom. The van der Waals surface area contributed by atoms with Crippen molar-refractivity contribution in [2.24, 2.45) is 5.92 Å². The molecule has 162 valence electrons. The van der Waals surface area contributed by atoms with Crippen molar-refractivity contribution in [2.75, 3.05) is 0 Å². The van der Waals surface area contributed by atoms with E-state index < -0.39 is 28.0 Å². The standard InChI is InChI=1S/C22H22N2O5S2/c1-11(2)20(22(25)26)24-31(27,28)15-6-7-16-17-9-14(21-12(3)23-13(4)30-21)5-8-18(17)29-19(16)10-15/h5-11,20,24H,1-4H3,(H,25,26)/t20-/m0/s1. The van der Waals surface area contributed by atoms with E-state index in [1.165, 1.54) is 12.1 Å². The van der Waals surface area contributed by atoms with E-state index in [-0.39, 0.29) is 4.90 Å². The number of aliphatic carboxylic acids is 1. The Hall–Kier alpha value is -2.75. The highest BCUT2D eigenvalue weighted by Gasteiger charge is 2.28. The Bertz CT molecular complexity index is 1420. The van der Waals surface area contributed by atoms with Crippen molar-refractivity contribution in [3.63, 3.8) is 0 Å². The molecule has 4 aromatic rings. The normalized spacial score (nSPS) is 13.3. The Morgan fingerprint density at radius 1 is 1.10 bits per heavy atom. The molecule has 0 bridgehead atoms. The first-order chi connectivity index (χ1) is 14.6. The third-order valence-electron chi connectivity index (χ3n) is 5.13. The first-order valence-electron chi connectivity index (χ1n) is 9.72. The summed E-state index contributed by atoms with van der Waals surface area (Å²) in [5.41, 5.74) is 3.06. The van der Waals surface area contributed by atoms with Gasteiger partial charge in [-0.3, -0.25) is 4.79 Å². The lowest BCUT2D eigenvalue weighted by molar-refractivity contribution is -0.140. The summed E-state index contributed by atoms with van der Waals surface area (Å²) in [6, 6.07) is 9.22. The minimum absolute atomic E-state index is 0.0416. The Kier molecular flexibility index (Phi) is 5.36. The van der Waals surface area contributed by atoms with Gasteiger partial charge in [-0.1, -0.05) is 13.8 Å². The van der Waals surface area contributed by atoms with E-state index in [0.29, 0.717) is 11.2 Å². The van der Waals surface area contributed by atoms with E-state index in [1.54, 1.807) is 31.3 Å². The van der Waals surface area contributed by atoms with Gasteiger partial charge in [-0.2, -0.15) is 4.72 Å². The number of nitrogens with one attached hydrogen (secondary N) is 1. The predicted octanol–water partition coefficient (Wildman–Crippen LogP) is 4.71. The first kappa shape index (κ1) is 21.5. The lowest BCUT2D eigenvalue weighted by Crippen LogP contribution is -2.44. The number of furan rings is 1. The fourth-order valence-electron chi connectivity index (χ4n) is 3.57. The van der Waals surface area contributed by atoms with Crippen LogP contribution in [0.25, 0.3) is 32.4 Å². The molecular weight excluding hydrogens is 436 g/mol. The maximum absolute atomic E-state index is 12.8. The average molecular weight is 459 g/mol. The number of aryl methyl sites for hydroxylation is 2. The van der Waals surface area contributed by atoms with E-state index in [0.717, 1.165) is 31.9 Å². The zero-order valence-corrected chi connectivity index (χ0v) is 19.1. The molecule has 0 aliphatic rings. The van der Waals surface area contributed by atoms with E-state index >= 15 is 0 Å². The summed E-state index contributed by atoms with van der Waals surface area (Å²) in [5, 5.41) is 12.0. The second kappa shape index (κ2) is 7.74. The van der Waals surface area contributed by atoms with E-state index in [9.17, 15) is 18.3 Å². The molecule has 1 atom stereocenters. The summed E-state index contributed by atoms with van der Waals surface area (Å²) in [7, 11) is -4.03. The minimum atomic E-state index is -4.03. The van der Waals surface area contributed by atoms with Crippen LogP contribution in [0.1, 0.15) is 24.5 Å². The van der Waals surface area contributed by atoms with Gasteiger partial charge in [0.15, 0.2) is 0 Å². The third-order valence-corrected chi connectivity index (χ3v) is 7.69. The van der Waals surface area contributed by atoms with Crippen LogP contribution < -0.4 is 4.72 Å². The lowest BCUT2D eigenvalue weighted by atomic mass is 10.1. The monoisotopic (exact) mass is 458 g/mol. The average Bonchev–Trinajstić information content (AvgIpc) is 3.23. The van der Waals surface area contributed by atoms with Crippen LogP contribution in [0.5, 0.6) is 0 Å². The van der Waals surface area contributed by atoms with Crippen molar-refractivity contribution < 1.29 is 22.7 Å². The molecule has 7 nitrogen and oxygen atoms in total. The molecule has 0 spiro atoms. The molecule has 0 radical (unpaired) electrons. The molecule has 0 saturated carbocycles. The Balaban J connectivity index is 1.77. The van der Waals surface area contributed by atoms with Crippen molar-refractivity contribution in [3.05, 3.63) is 47.1 Å². The van der Waals surface area contributed by atoms with Gasteiger partial charge in [-0.25, -0.2) is 13.4 Å². The van der Waals surface area contributed by atoms with Crippen LogP contribution >= 0.6 is 11.3 Å². The van der Waals surface area contributed by atoms with Crippen LogP contribution in [0.4, 0.5) is 0 Å². The number of aromatic nitrogens is 1. The van der Waals surface area contributed by atoms with Crippen LogP contribution in [0.15, 0.2) is 45.7 Å². The number of hydrogen-bond donors (Lipinski definition) is 2. The highest BCUT2D eigenvalue weighted by molar-refractivity contribution is 7.89. The number of sulfonamides is 1. The summed E-state index contributed by atoms with van der Waals surface area (Å²) in [5.74, 6) is -1.62. The number of fused-ring (bicyclic) bond motifs is 3. The lowest BCUT2D eigenvalue weighted by Gasteiger charge is -2.17. The van der Waals surface area contributed by atoms with E-state index in [2.05, 4.69) is 9.71 Å². The van der Waals surface area contributed by atoms with Crippen molar-refractivity contribution in [3.8, 4) is 10.4 Å². The Morgan fingerprint density at radius 2 is 1.84 bits per heavy atom. The van der Waals surface area contributed by atoms with Gasteiger partial charge in [0.1, 0.15) is 17.2 Å². The molecule has 31 heavy (non-hydrogen) atoms. The number of thiazole rings is 1. The molecule has 0 aliphatic carbocycles. The summed E-state index contributed by atoms with van der Waals surface area (Å²) in [4.78, 5) is 16.9. The second-order valence-corrected chi connectivity index (χ2v) is 10.7. The molecule has 0 amide bonds. The second-order valence-electron chi connectivity index (χ2n) is 7.80. The zero-order chi connectivity index (χ0) is 22.5. The van der Waals surface area contributed by atoms with Crippen LogP contribution in [-0.2, 0) is 14.8 Å². The number of carboxylic acid groups (broad SMARTS) is 1. The summed E-state index contributed by atoms with van der Waals surface area (Å²) in [6.45, 7) is 7.24. The van der Waals surface area contributed by atoms with Crippen molar-refractivity contribution in [1.29, 1.82) is 0 Å².